The Morgan fingerprint density at radius 3 is 1.29 bits per heavy atom. The first-order valence-corrected chi connectivity index (χ1v) is 17.1. The molecule has 14 nitrogen and oxygen atoms in total. The van der Waals surface area contributed by atoms with Crippen molar-refractivity contribution in [2.75, 3.05) is 0 Å². The summed E-state index contributed by atoms with van der Waals surface area (Å²) in [5.74, 6) is -4.25. The molecule has 0 heterocycles. The first-order valence-electron chi connectivity index (χ1n) is 17.1. The Morgan fingerprint density at radius 1 is 0.479 bits per heavy atom. The monoisotopic (exact) mass is 685 g/mol. The Labute approximate surface area is 286 Å². The van der Waals surface area contributed by atoms with Crippen LogP contribution in [-0.4, -0.2) is 93.2 Å². The molecule has 0 radical (unpaired) electrons. The van der Waals surface area contributed by atoms with Gasteiger partial charge in [-0.1, -0.05) is 69.2 Å². The molecule has 48 heavy (non-hydrogen) atoms. The van der Waals surface area contributed by atoms with Gasteiger partial charge in [0.2, 0.25) is 29.5 Å². The van der Waals surface area contributed by atoms with Crippen molar-refractivity contribution in [3.05, 3.63) is 0 Å². The van der Waals surface area contributed by atoms with Gasteiger partial charge in [-0.3, -0.25) is 28.8 Å². The number of carbonyl (C=O) groups is 6. The van der Waals surface area contributed by atoms with Gasteiger partial charge in [-0.15, -0.1) is 0 Å². The molecule has 0 rings (SSSR count). The van der Waals surface area contributed by atoms with Crippen LogP contribution in [0.25, 0.3) is 0 Å². The van der Waals surface area contributed by atoms with E-state index in [2.05, 4.69) is 26.6 Å². The van der Waals surface area contributed by atoms with E-state index >= 15 is 0 Å². The number of nitrogens with one attached hydrogen (secondary N) is 5. The summed E-state index contributed by atoms with van der Waals surface area (Å²) in [6.45, 7) is 19.8. The predicted octanol–water partition coefficient (Wildman–Crippen LogP) is 1.47. The van der Waals surface area contributed by atoms with E-state index in [1.165, 1.54) is 6.92 Å². The van der Waals surface area contributed by atoms with Crippen LogP contribution in [0, 0.1) is 29.6 Å². The minimum atomic E-state index is -1.33. The maximum Gasteiger partial charge on any atom is 0.306 e. The number of carbonyl (C=O) groups excluding carboxylic acids is 5. The highest BCUT2D eigenvalue weighted by atomic mass is 16.4. The van der Waals surface area contributed by atoms with Gasteiger partial charge < -0.3 is 41.9 Å². The van der Waals surface area contributed by atoms with Crippen LogP contribution < -0.4 is 26.6 Å². The molecule has 0 fully saturated rings. The Balaban J connectivity index is 5.60. The van der Waals surface area contributed by atoms with E-state index in [9.17, 15) is 39.0 Å². The quantitative estimate of drug-likeness (QED) is 0.0825. The largest absolute Gasteiger partial charge is 0.481 e. The van der Waals surface area contributed by atoms with Crippen molar-refractivity contribution in [2.45, 2.75) is 151 Å². The van der Waals surface area contributed by atoms with E-state index in [0.717, 1.165) is 0 Å². The Kier molecular flexibility index (Phi) is 20.2. The lowest BCUT2D eigenvalue weighted by molar-refractivity contribution is -0.140. The highest BCUT2D eigenvalue weighted by Crippen LogP contribution is 2.15. The minimum Gasteiger partial charge on any atom is -0.481 e. The van der Waals surface area contributed by atoms with Gasteiger partial charge in [-0.05, 0) is 49.4 Å². The standard InChI is InChI=1S/C34H63N5O9/c1-17(2)12-23(37-33(47)31(21(9)10)39-34(48)30(20(7)8)38-27(42)14-19(5)6)25(40)15-28(43)35-22(11)32(46)36-24(13-18(3)4)26(41)16-29(44)45/h17-26,30-31,40-41H,12-16H2,1-11H3,(H,35,43)(H,36,46)(H,37,47)(H,38,42)(H,39,48)(H,44,45)/t22-,23?,24?,25-,26-,30?,31-/m0/s1. The van der Waals surface area contributed by atoms with Crippen LogP contribution in [0.3, 0.4) is 0 Å². The van der Waals surface area contributed by atoms with Gasteiger partial charge in [0.15, 0.2) is 0 Å². The third-order valence-electron chi connectivity index (χ3n) is 7.69. The topological polar surface area (TPSA) is 223 Å². The molecule has 0 aliphatic heterocycles. The van der Waals surface area contributed by atoms with Gasteiger partial charge in [0, 0.05) is 6.42 Å². The first kappa shape index (κ1) is 44.7. The van der Waals surface area contributed by atoms with E-state index < -0.39 is 84.9 Å². The number of aliphatic carboxylic acids is 1. The molecule has 278 valence electrons. The lowest BCUT2D eigenvalue weighted by atomic mass is 9.95. The zero-order valence-electron chi connectivity index (χ0n) is 30.8. The van der Waals surface area contributed by atoms with Crippen LogP contribution in [0.4, 0.5) is 0 Å². The zero-order valence-corrected chi connectivity index (χ0v) is 30.8. The Morgan fingerprint density at radius 2 is 0.875 bits per heavy atom. The second-order valence-electron chi connectivity index (χ2n) is 14.8. The molecular formula is C34H63N5O9. The van der Waals surface area contributed by atoms with Gasteiger partial charge in [0.05, 0.1) is 37.1 Å². The van der Waals surface area contributed by atoms with Crippen molar-refractivity contribution >= 4 is 35.5 Å². The Hall–Kier alpha value is -3.26. The van der Waals surface area contributed by atoms with Crippen LogP contribution in [0.15, 0.2) is 0 Å². The molecule has 0 aromatic carbocycles. The highest BCUT2D eigenvalue weighted by molar-refractivity contribution is 5.92. The van der Waals surface area contributed by atoms with Gasteiger partial charge in [0.1, 0.15) is 18.1 Å². The summed E-state index contributed by atoms with van der Waals surface area (Å²) in [4.78, 5) is 75.9. The maximum atomic E-state index is 13.5. The highest BCUT2D eigenvalue weighted by Gasteiger charge is 2.34. The number of amides is 5. The SMILES string of the molecule is CC(C)CC(=O)NC(C(=O)N[C@H](C(=O)NC(CC(C)C)[C@@H](O)CC(=O)N[C@@H](C)C(=O)NC(CC(C)C)[C@@H](O)CC(=O)O)C(C)C)C(C)C. The zero-order chi connectivity index (χ0) is 37.5. The molecule has 0 aliphatic carbocycles. The molecule has 5 amide bonds. The fourth-order valence-electron chi connectivity index (χ4n) is 5.16. The molecule has 14 heteroatoms. The van der Waals surface area contributed by atoms with Crippen LogP contribution >= 0.6 is 0 Å². The van der Waals surface area contributed by atoms with Crippen LogP contribution in [0.2, 0.25) is 0 Å². The molecule has 0 spiro atoms. The van der Waals surface area contributed by atoms with Crippen molar-refractivity contribution in [1.29, 1.82) is 0 Å². The first-order chi connectivity index (χ1) is 22.0. The lowest BCUT2D eigenvalue weighted by Crippen LogP contribution is -2.59. The normalized spacial score (nSPS) is 16.1. The summed E-state index contributed by atoms with van der Waals surface area (Å²) >= 11 is 0. The third kappa shape index (κ3) is 17.8. The van der Waals surface area contributed by atoms with Crippen molar-refractivity contribution in [2.24, 2.45) is 29.6 Å². The fourth-order valence-corrected chi connectivity index (χ4v) is 5.16. The van der Waals surface area contributed by atoms with Crippen LogP contribution in [0.5, 0.6) is 0 Å². The maximum absolute atomic E-state index is 13.5. The summed E-state index contributed by atoms with van der Waals surface area (Å²) < 4.78 is 0. The molecule has 3 unspecified atom stereocenters. The van der Waals surface area contributed by atoms with Gasteiger partial charge in [0.25, 0.3) is 0 Å². The molecule has 0 aromatic rings. The van der Waals surface area contributed by atoms with Crippen molar-refractivity contribution < 1.29 is 44.1 Å². The van der Waals surface area contributed by atoms with Crippen molar-refractivity contribution in [3.63, 3.8) is 0 Å². The van der Waals surface area contributed by atoms with E-state index in [0.29, 0.717) is 12.8 Å². The Bertz CT molecular complexity index is 1060. The number of carboxylic acid groups (broad SMARTS) is 1. The second kappa shape index (κ2) is 21.7. The average molecular weight is 686 g/mol. The van der Waals surface area contributed by atoms with E-state index in [4.69, 9.17) is 5.11 Å². The van der Waals surface area contributed by atoms with Crippen molar-refractivity contribution in [3.8, 4) is 0 Å². The second-order valence-corrected chi connectivity index (χ2v) is 14.8. The predicted molar refractivity (Wildman–Crippen MR) is 182 cm³/mol. The number of hydrogen-bond donors (Lipinski definition) is 8. The minimum absolute atomic E-state index is 0.0152. The molecule has 0 bridgehead atoms. The summed E-state index contributed by atoms with van der Waals surface area (Å²) in [6.07, 6.45) is -2.76. The molecule has 0 aromatic heterocycles. The molecular weight excluding hydrogens is 622 g/mol. The van der Waals surface area contributed by atoms with Gasteiger partial charge in [-0.25, -0.2) is 0 Å². The molecule has 0 saturated carbocycles. The molecule has 7 atom stereocenters. The van der Waals surface area contributed by atoms with E-state index in [1.54, 1.807) is 27.7 Å². The van der Waals surface area contributed by atoms with E-state index in [-0.39, 0.29) is 41.9 Å². The smallest absolute Gasteiger partial charge is 0.306 e. The molecule has 0 saturated heterocycles. The van der Waals surface area contributed by atoms with Crippen LogP contribution in [0.1, 0.15) is 108 Å². The number of aliphatic hydroxyl groups is 2. The molecule has 0 aliphatic rings. The third-order valence-corrected chi connectivity index (χ3v) is 7.69. The number of rotatable bonds is 22. The summed E-state index contributed by atoms with van der Waals surface area (Å²) in [6, 6.07) is -4.61. The lowest BCUT2D eigenvalue weighted by Gasteiger charge is -2.31. The number of aliphatic hydroxyl groups excluding tert-OH is 2. The number of carboxylic acids is 1. The summed E-state index contributed by atoms with van der Waals surface area (Å²) in [5, 5.41) is 43.9. The van der Waals surface area contributed by atoms with Crippen LogP contribution in [-0.2, 0) is 28.8 Å². The molecule has 8 N–H and O–H groups in total. The summed E-state index contributed by atoms with van der Waals surface area (Å²) in [7, 11) is 0. The number of hydrogen-bond acceptors (Lipinski definition) is 8. The van der Waals surface area contributed by atoms with Crippen molar-refractivity contribution in [1.82, 2.24) is 26.6 Å². The van der Waals surface area contributed by atoms with Gasteiger partial charge >= 0.3 is 5.97 Å². The van der Waals surface area contributed by atoms with E-state index in [1.807, 2.05) is 41.5 Å². The summed E-state index contributed by atoms with van der Waals surface area (Å²) in [5.41, 5.74) is 0. The van der Waals surface area contributed by atoms with Gasteiger partial charge in [-0.2, -0.15) is 0 Å². The fraction of sp³-hybridized carbons (Fsp3) is 0.824. The average Bonchev–Trinajstić information content (AvgIpc) is 2.91.